The Kier molecular flexibility index (Phi) is 5.07. The summed E-state index contributed by atoms with van der Waals surface area (Å²) in [5.74, 6) is -0.819. The highest BCUT2D eigenvalue weighted by Gasteiger charge is 2.33. The number of thioether (sulfide) groups is 1. The maximum Gasteiger partial charge on any atom is 0.326 e. The van der Waals surface area contributed by atoms with Crippen LogP contribution in [0.15, 0.2) is 29.7 Å². The number of aliphatic carboxylic acids is 1. The monoisotopic (exact) mass is 305 g/mol. The number of aryl methyl sites for hydroxylation is 1. The van der Waals surface area contributed by atoms with Crippen molar-refractivity contribution in [1.82, 2.24) is 4.90 Å². The fourth-order valence-electron chi connectivity index (χ4n) is 2.38. The second-order valence-electron chi connectivity index (χ2n) is 4.89. The van der Waals surface area contributed by atoms with Crippen molar-refractivity contribution in [3.8, 4) is 0 Å². The quantitative estimate of drug-likeness (QED) is 0.908. The summed E-state index contributed by atoms with van der Waals surface area (Å²) in [5.41, 5.74) is 2.78. The van der Waals surface area contributed by atoms with Gasteiger partial charge in [-0.05, 0) is 29.4 Å². The predicted molar refractivity (Wildman–Crippen MR) is 84.8 cm³/mol. The van der Waals surface area contributed by atoms with Gasteiger partial charge in [0, 0.05) is 0 Å². The zero-order chi connectivity index (χ0) is 15.4. The first-order valence-corrected chi connectivity index (χ1v) is 8.09. The molecule has 0 spiro atoms. The van der Waals surface area contributed by atoms with Crippen LogP contribution in [0.2, 0.25) is 0 Å². The SMILES string of the molecule is CCc1ccc(C2=CSCC(=O)N2C(CC)C(=O)O)cc1. The molecule has 0 aliphatic carbocycles. The Balaban J connectivity index is 2.39. The molecule has 0 fully saturated rings. The van der Waals surface area contributed by atoms with Gasteiger partial charge in [-0.1, -0.05) is 38.1 Å². The van der Waals surface area contributed by atoms with Crippen LogP contribution < -0.4 is 0 Å². The summed E-state index contributed by atoms with van der Waals surface area (Å²) in [5, 5.41) is 11.2. The summed E-state index contributed by atoms with van der Waals surface area (Å²) in [4.78, 5) is 25.1. The van der Waals surface area contributed by atoms with Crippen molar-refractivity contribution in [2.75, 3.05) is 5.75 Å². The average molecular weight is 305 g/mol. The zero-order valence-corrected chi connectivity index (χ0v) is 13.0. The molecule has 0 aromatic heterocycles. The van der Waals surface area contributed by atoms with Crippen molar-refractivity contribution in [3.05, 3.63) is 40.8 Å². The Morgan fingerprint density at radius 3 is 2.52 bits per heavy atom. The van der Waals surface area contributed by atoms with E-state index in [1.54, 1.807) is 6.92 Å². The van der Waals surface area contributed by atoms with Crippen molar-refractivity contribution in [1.29, 1.82) is 0 Å². The lowest BCUT2D eigenvalue weighted by Gasteiger charge is -2.33. The molecule has 1 unspecified atom stereocenters. The summed E-state index contributed by atoms with van der Waals surface area (Å²) in [6.07, 6.45) is 1.33. The van der Waals surface area contributed by atoms with E-state index in [2.05, 4.69) is 6.92 Å². The van der Waals surface area contributed by atoms with Crippen LogP contribution in [-0.4, -0.2) is 33.7 Å². The van der Waals surface area contributed by atoms with Gasteiger partial charge in [-0.25, -0.2) is 4.79 Å². The van der Waals surface area contributed by atoms with Crippen LogP contribution in [-0.2, 0) is 16.0 Å². The maximum atomic E-state index is 12.2. The number of amides is 1. The van der Waals surface area contributed by atoms with Gasteiger partial charge in [0.1, 0.15) is 6.04 Å². The van der Waals surface area contributed by atoms with E-state index < -0.39 is 12.0 Å². The van der Waals surface area contributed by atoms with Gasteiger partial charge in [-0.15, -0.1) is 11.8 Å². The van der Waals surface area contributed by atoms with Crippen LogP contribution in [0, 0.1) is 0 Å². The first kappa shape index (κ1) is 15.6. The van der Waals surface area contributed by atoms with Gasteiger partial charge in [0.15, 0.2) is 0 Å². The third kappa shape index (κ3) is 3.29. The molecule has 0 saturated carbocycles. The van der Waals surface area contributed by atoms with Crippen LogP contribution in [0.1, 0.15) is 31.4 Å². The molecule has 2 rings (SSSR count). The fourth-order valence-corrected chi connectivity index (χ4v) is 3.15. The number of rotatable bonds is 5. The van der Waals surface area contributed by atoms with Gasteiger partial charge in [0.25, 0.3) is 0 Å². The van der Waals surface area contributed by atoms with Crippen LogP contribution in [0.25, 0.3) is 5.70 Å². The number of carbonyl (C=O) groups is 2. The fraction of sp³-hybridized carbons (Fsp3) is 0.375. The number of hydrogen-bond donors (Lipinski definition) is 1. The second-order valence-corrected chi connectivity index (χ2v) is 5.75. The average Bonchev–Trinajstić information content (AvgIpc) is 2.49. The normalized spacial score (nSPS) is 16.6. The zero-order valence-electron chi connectivity index (χ0n) is 12.2. The molecule has 1 amide bonds. The highest BCUT2D eigenvalue weighted by atomic mass is 32.2. The molecule has 0 saturated heterocycles. The molecule has 112 valence electrons. The standard InChI is InChI=1S/C16H19NO3S/c1-3-11-5-7-12(8-6-11)14-9-21-10-15(18)17(14)13(4-2)16(19)20/h5-9,13H,3-4,10H2,1-2H3,(H,19,20). The molecule has 1 atom stereocenters. The first-order valence-electron chi connectivity index (χ1n) is 7.04. The lowest BCUT2D eigenvalue weighted by molar-refractivity contribution is -0.146. The molecule has 1 aliphatic heterocycles. The summed E-state index contributed by atoms with van der Waals surface area (Å²) >= 11 is 1.41. The Morgan fingerprint density at radius 1 is 1.33 bits per heavy atom. The predicted octanol–water partition coefficient (Wildman–Crippen LogP) is 2.99. The van der Waals surface area contributed by atoms with Crippen molar-refractivity contribution < 1.29 is 14.7 Å². The maximum absolute atomic E-state index is 12.2. The van der Waals surface area contributed by atoms with Crippen molar-refractivity contribution >= 4 is 29.3 Å². The van der Waals surface area contributed by atoms with E-state index in [1.807, 2.05) is 29.7 Å². The highest BCUT2D eigenvalue weighted by molar-refractivity contribution is 8.03. The van der Waals surface area contributed by atoms with Gasteiger partial charge >= 0.3 is 5.97 Å². The molecular weight excluding hydrogens is 286 g/mol. The summed E-state index contributed by atoms with van der Waals surface area (Å²) in [7, 11) is 0. The molecule has 5 heteroatoms. The molecular formula is C16H19NO3S. The van der Waals surface area contributed by atoms with Gasteiger partial charge < -0.3 is 5.11 Å². The Morgan fingerprint density at radius 2 is 2.00 bits per heavy atom. The van der Waals surface area contributed by atoms with Crippen LogP contribution >= 0.6 is 11.8 Å². The van der Waals surface area contributed by atoms with E-state index in [0.29, 0.717) is 17.9 Å². The molecule has 1 aromatic rings. The van der Waals surface area contributed by atoms with Crippen molar-refractivity contribution in [2.45, 2.75) is 32.7 Å². The molecule has 1 N–H and O–H groups in total. The van der Waals surface area contributed by atoms with Crippen LogP contribution in [0.4, 0.5) is 0 Å². The summed E-state index contributed by atoms with van der Waals surface area (Å²) < 4.78 is 0. The van der Waals surface area contributed by atoms with E-state index >= 15 is 0 Å². The second kappa shape index (κ2) is 6.80. The molecule has 1 aliphatic rings. The lowest BCUT2D eigenvalue weighted by Crippen LogP contribution is -2.45. The van der Waals surface area contributed by atoms with Crippen LogP contribution in [0.5, 0.6) is 0 Å². The topological polar surface area (TPSA) is 57.6 Å². The number of hydrogen-bond acceptors (Lipinski definition) is 3. The smallest absolute Gasteiger partial charge is 0.326 e. The van der Waals surface area contributed by atoms with Gasteiger partial charge in [0.2, 0.25) is 5.91 Å². The number of nitrogens with zero attached hydrogens (tertiary/aromatic N) is 1. The molecule has 1 heterocycles. The number of carbonyl (C=O) groups excluding carboxylic acids is 1. The van der Waals surface area contributed by atoms with Crippen molar-refractivity contribution in [2.24, 2.45) is 0 Å². The van der Waals surface area contributed by atoms with E-state index in [-0.39, 0.29) is 5.91 Å². The number of carboxylic acids is 1. The van der Waals surface area contributed by atoms with Gasteiger partial charge in [-0.3, -0.25) is 9.69 Å². The van der Waals surface area contributed by atoms with Crippen molar-refractivity contribution in [3.63, 3.8) is 0 Å². The Hall–Kier alpha value is -1.75. The summed E-state index contributed by atoms with van der Waals surface area (Å²) in [6, 6.07) is 7.12. The van der Waals surface area contributed by atoms with E-state index in [9.17, 15) is 14.7 Å². The minimum atomic E-state index is -0.964. The van der Waals surface area contributed by atoms with Gasteiger partial charge in [0.05, 0.1) is 11.4 Å². The molecule has 0 bridgehead atoms. The summed E-state index contributed by atoms with van der Waals surface area (Å²) in [6.45, 7) is 3.86. The molecule has 4 nitrogen and oxygen atoms in total. The van der Waals surface area contributed by atoms with E-state index in [4.69, 9.17) is 0 Å². The molecule has 1 aromatic carbocycles. The van der Waals surface area contributed by atoms with E-state index in [0.717, 1.165) is 12.0 Å². The Labute approximate surface area is 128 Å². The third-order valence-corrected chi connectivity index (χ3v) is 4.37. The third-order valence-electron chi connectivity index (χ3n) is 3.57. The lowest BCUT2D eigenvalue weighted by atomic mass is 10.0. The minimum Gasteiger partial charge on any atom is -0.480 e. The molecule has 0 radical (unpaired) electrons. The highest BCUT2D eigenvalue weighted by Crippen LogP contribution is 2.31. The first-order chi connectivity index (χ1) is 10.1. The Bertz CT molecular complexity index is 565. The minimum absolute atomic E-state index is 0.147. The number of benzene rings is 1. The van der Waals surface area contributed by atoms with Crippen LogP contribution in [0.3, 0.4) is 0 Å². The number of carboxylic acid groups (broad SMARTS) is 1. The molecule has 21 heavy (non-hydrogen) atoms. The largest absolute Gasteiger partial charge is 0.480 e. The van der Waals surface area contributed by atoms with Gasteiger partial charge in [-0.2, -0.15) is 0 Å². The van der Waals surface area contributed by atoms with E-state index in [1.165, 1.54) is 22.2 Å².